The smallest absolute Gasteiger partial charge is 0.232 e. The van der Waals surface area contributed by atoms with Crippen LogP contribution in [0.3, 0.4) is 0 Å². The second-order valence-corrected chi connectivity index (χ2v) is 5.23. The highest BCUT2D eigenvalue weighted by Gasteiger charge is 2.18. The molecule has 0 fully saturated rings. The van der Waals surface area contributed by atoms with Gasteiger partial charge in [0.1, 0.15) is 0 Å². The molecule has 0 aromatic heterocycles. The van der Waals surface area contributed by atoms with Gasteiger partial charge in [-0.15, -0.1) is 0 Å². The number of hydrogen-bond donors (Lipinski definition) is 2. The summed E-state index contributed by atoms with van der Waals surface area (Å²) in [5.74, 6) is -0.650. The minimum Gasteiger partial charge on any atom is -0.369 e. The second kappa shape index (κ2) is 5.94. The average Bonchev–Trinajstić information content (AvgIpc) is 2.03. The number of sulfonamides is 1. The lowest BCUT2D eigenvalue weighted by Gasteiger charge is -2.14. The van der Waals surface area contributed by atoms with Crippen LogP contribution in [0.1, 0.15) is 12.8 Å². The summed E-state index contributed by atoms with van der Waals surface area (Å²) in [6, 6.07) is 0. The van der Waals surface area contributed by atoms with Crippen molar-refractivity contribution in [2.45, 2.75) is 12.8 Å². The van der Waals surface area contributed by atoms with Gasteiger partial charge in [0.15, 0.2) is 0 Å². The number of hydrogen-bond acceptors (Lipinski definition) is 4. The predicted molar refractivity (Wildman–Crippen MR) is 53.9 cm³/mol. The second-order valence-electron chi connectivity index (χ2n) is 3.03. The van der Waals surface area contributed by atoms with Crippen molar-refractivity contribution in [2.24, 2.45) is 11.5 Å². The Hall–Kier alpha value is -0.660. The zero-order chi connectivity index (χ0) is 11.2. The Kier molecular flexibility index (Phi) is 5.66. The van der Waals surface area contributed by atoms with Gasteiger partial charge in [-0.1, -0.05) is 0 Å². The molecule has 0 aromatic rings. The zero-order valence-corrected chi connectivity index (χ0v) is 9.09. The highest BCUT2D eigenvalue weighted by Crippen LogP contribution is 2.01. The first-order valence-electron chi connectivity index (χ1n) is 4.32. The number of unbranched alkanes of at least 4 members (excludes halogenated alkanes) is 1. The zero-order valence-electron chi connectivity index (χ0n) is 8.27. The molecular formula is C7H17N3O3S. The summed E-state index contributed by atoms with van der Waals surface area (Å²) in [7, 11) is -2.01. The van der Waals surface area contributed by atoms with Crippen LogP contribution >= 0.6 is 0 Å². The third kappa shape index (κ3) is 5.15. The van der Waals surface area contributed by atoms with Gasteiger partial charge in [0.25, 0.3) is 0 Å². The fraction of sp³-hybridized carbons (Fsp3) is 0.857. The number of nitrogens with zero attached hydrogens (tertiary/aromatic N) is 1. The molecule has 0 aliphatic carbocycles. The van der Waals surface area contributed by atoms with Crippen LogP contribution in [0.4, 0.5) is 0 Å². The van der Waals surface area contributed by atoms with Crippen molar-refractivity contribution in [3.63, 3.8) is 0 Å². The summed E-state index contributed by atoms with van der Waals surface area (Å²) < 4.78 is 23.8. The molecule has 0 aliphatic heterocycles. The van der Waals surface area contributed by atoms with Gasteiger partial charge in [-0.05, 0) is 19.4 Å². The SMILES string of the molecule is CN(CC(N)=O)S(=O)(=O)CCCCN. The van der Waals surface area contributed by atoms with Gasteiger partial charge >= 0.3 is 0 Å². The van der Waals surface area contributed by atoms with E-state index in [9.17, 15) is 13.2 Å². The minimum atomic E-state index is -3.35. The molecule has 0 aromatic carbocycles. The first-order chi connectivity index (χ1) is 6.40. The van der Waals surface area contributed by atoms with Crippen LogP contribution in [0.5, 0.6) is 0 Å². The third-order valence-electron chi connectivity index (χ3n) is 1.71. The Morgan fingerprint density at radius 2 is 1.93 bits per heavy atom. The average molecular weight is 223 g/mol. The molecule has 84 valence electrons. The van der Waals surface area contributed by atoms with E-state index in [2.05, 4.69) is 0 Å². The van der Waals surface area contributed by atoms with Crippen molar-refractivity contribution < 1.29 is 13.2 Å². The fourth-order valence-corrected chi connectivity index (χ4v) is 2.11. The summed E-state index contributed by atoms with van der Waals surface area (Å²) in [5.41, 5.74) is 10.1. The molecule has 6 nitrogen and oxygen atoms in total. The Labute approximate surface area is 84.3 Å². The molecule has 1 amide bonds. The van der Waals surface area contributed by atoms with Crippen molar-refractivity contribution in [1.82, 2.24) is 4.31 Å². The van der Waals surface area contributed by atoms with Crippen molar-refractivity contribution in [3.8, 4) is 0 Å². The molecule has 0 saturated heterocycles. The summed E-state index contributed by atoms with van der Waals surface area (Å²) in [5, 5.41) is 0. The van der Waals surface area contributed by atoms with Gasteiger partial charge in [-0.25, -0.2) is 8.42 Å². The molecule has 0 bridgehead atoms. The third-order valence-corrected chi connectivity index (χ3v) is 3.59. The van der Waals surface area contributed by atoms with Crippen LogP contribution in [0.25, 0.3) is 0 Å². The maximum absolute atomic E-state index is 11.4. The van der Waals surface area contributed by atoms with Crippen LogP contribution in [-0.4, -0.2) is 44.5 Å². The molecule has 0 spiro atoms. The lowest BCUT2D eigenvalue weighted by molar-refractivity contribution is -0.118. The molecule has 0 radical (unpaired) electrons. The number of rotatable bonds is 7. The van der Waals surface area contributed by atoms with E-state index in [-0.39, 0.29) is 12.3 Å². The van der Waals surface area contributed by atoms with E-state index >= 15 is 0 Å². The Morgan fingerprint density at radius 3 is 2.36 bits per heavy atom. The quantitative estimate of drug-likeness (QED) is 0.511. The van der Waals surface area contributed by atoms with Crippen LogP contribution in [0, 0.1) is 0 Å². The van der Waals surface area contributed by atoms with E-state index in [0.29, 0.717) is 19.4 Å². The Bertz CT molecular complexity index is 276. The van der Waals surface area contributed by atoms with E-state index in [1.165, 1.54) is 7.05 Å². The number of primary amides is 1. The Balaban J connectivity index is 4.10. The maximum Gasteiger partial charge on any atom is 0.232 e. The van der Waals surface area contributed by atoms with Crippen molar-refractivity contribution >= 4 is 15.9 Å². The van der Waals surface area contributed by atoms with E-state index < -0.39 is 15.9 Å². The van der Waals surface area contributed by atoms with E-state index in [1.54, 1.807) is 0 Å². The fourth-order valence-electron chi connectivity index (χ4n) is 0.902. The van der Waals surface area contributed by atoms with Crippen molar-refractivity contribution in [2.75, 3.05) is 25.9 Å². The van der Waals surface area contributed by atoms with E-state index in [1.807, 2.05) is 0 Å². The molecule has 7 heteroatoms. The van der Waals surface area contributed by atoms with Crippen LogP contribution < -0.4 is 11.5 Å². The minimum absolute atomic E-state index is 0.00792. The molecule has 0 rings (SSSR count). The van der Waals surface area contributed by atoms with Crippen LogP contribution in [0.15, 0.2) is 0 Å². The largest absolute Gasteiger partial charge is 0.369 e. The molecular weight excluding hydrogens is 206 g/mol. The summed E-state index contributed by atoms with van der Waals surface area (Å²) in [6.07, 6.45) is 1.16. The van der Waals surface area contributed by atoms with Crippen LogP contribution in [-0.2, 0) is 14.8 Å². The molecule has 0 heterocycles. The number of carbonyl (C=O) groups is 1. The van der Waals surface area contributed by atoms with Crippen molar-refractivity contribution in [3.05, 3.63) is 0 Å². The lowest BCUT2D eigenvalue weighted by Crippen LogP contribution is -2.36. The lowest BCUT2D eigenvalue weighted by atomic mass is 10.3. The Morgan fingerprint density at radius 1 is 1.36 bits per heavy atom. The standard InChI is InChI=1S/C7H17N3O3S/c1-10(6-7(9)11)14(12,13)5-3-2-4-8/h2-6,8H2,1H3,(H2,9,11). The molecule has 14 heavy (non-hydrogen) atoms. The normalized spacial score (nSPS) is 11.9. The molecule has 0 atom stereocenters. The number of carbonyl (C=O) groups excluding carboxylic acids is 1. The predicted octanol–water partition coefficient (Wildman–Crippen LogP) is -1.53. The van der Waals surface area contributed by atoms with Gasteiger partial charge in [0.05, 0.1) is 12.3 Å². The number of likely N-dealkylation sites (N-methyl/N-ethyl adjacent to an activating group) is 1. The molecule has 4 N–H and O–H groups in total. The van der Waals surface area contributed by atoms with Gasteiger partial charge < -0.3 is 11.5 Å². The first kappa shape index (κ1) is 13.3. The number of amides is 1. The summed E-state index contributed by atoms with van der Waals surface area (Å²) in [6.45, 7) is 0.194. The maximum atomic E-state index is 11.4. The van der Waals surface area contributed by atoms with Crippen LogP contribution in [0.2, 0.25) is 0 Å². The van der Waals surface area contributed by atoms with E-state index in [0.717, 1.165) is 4.31 Å². The number of nitrogens with two attached hydrogens (primary N) is 2. The van der Waals surface area contributed by atoms with Gasteiger partial charge in [-0.2, -0.15) is 4.31 Å². The highest BCUT2D eigenvalue weighted by atomic mass is 32.2. The highest BCUT2D eigenvalue weighted by molar-refractivity contribution is 7.89. The molecule has 0 saturated carbocycles. The summed E-state index contributed by atoms with van der Waals surface area (Å²) >= 11 is 0. The van der Waals surface area contributed by atoms with Gasteiger partial charge in [-0.3, -0.25) is 4.79 Å². The van der Waals surface area contributed by atoms with E-state index in [4.69, 9.17) is 11.5 Å². The van der Waals surface area contributed by atoms with Gasteiger partial charge in [0.2, 0.25) is 15.9 Å². The monoisotopic (exact) mass is 223 g/mol. The molecule has 0 unspecified atom stereocenters. The topological polar surface area (TPSA) is 106 Å². The van der Waals surface area contributed by atoms with Gasteiger partial charge in [0, 0.05) is 7.05 Å². The van der Waals surface area contributed by atoms with Crippen molar-refractivity contribution in [1.29, 1.82) is 0 Å². The molecule has 0 aliphatic rings. The summed E-state index contributed by atoms with van der Waals surface area (Å²) in [4.78, 5) is 10.5. The first-order valence-corrected chi connectivity index (χ1v) is 5.93.